The molecule has 0 saturated heterocycles. The average Bonchev–Trinajstić information content (AvgIpc) is 2.93. The molecule has 2 aromatic rings. The minimum atomic E-state index is -0.307. The van der Waals surface area contributed by atoms with E-state index in [4.69, 9.17) is 4.74 Å². The van der Waals surface area contributed by atoms with E-state index in [-0.39, 0.29) is 6.09 Å². The van der Waals surface area contributed by atoms with E-state index in [1.165, 1.54) is 0 Å². The second-order valence-corrected chi connectivity index (χ2v) is 4.40. The van der Waals surface area contributed by atoms with Crippen LogP contribution in [0.3, 0.4) is 0 Å². The lowest BCUT2D eigenvalue weighted by Gasteiger charge is -2.26. The van der Waals surface area contributed by atoms with Gasteiger partial charge in [-0.05, 0) is 5.56 Å². The van der Waals surface area contributed by atoms with E-state index in [0.717, 1.165) is 11.4 Å². The molecule has 1 aliphatic heterocycles. The van der Waals surface area contributed by atoms with Crippen molar-refractivity contribution in [3.8, 4) is 0 Å². The summed E-state index contributed by atoms with van der Waals surface area (Å²) < 4.78 is 7.23. The molecule has 2 heterocycles. The Morgan fingerprint density at radius 3 is 2.95 bits per heavy atom. The zero-order chi connectivity index (χ0) is 13.1. The number of fused-ring (bicyclic) bond motifs is 1. The van der Waals surface area contributed by atoms with Gasteiger partial charge < -0.3 is 9.30 Å². The maximum absolute atomic E-state index is 11.9. The molecule has 0 fully saturated rings. The molecule has 1 amide bonds. The third-order valence-corrected chi connectivity index (χ3v) is 3.10. The predicted molar refractivity (Wildman–Crippen MR) is 67.1 cm³/mol. The van der Waals surface area contributed by atoms with Gasteiger partial charge in [-0.2, -0.15) is 0 Å². The first-order valence-corrected chi connectivity index (χ1v) is 6.15. The van der Waals surface area contributed by atoms with Gasteiger partial charge in [-0.15, -0.1) is 10.2 Å². The number of ether oxygens (including phenoxy) is 1. The van der Waals surface area contributed by atoms with Gasteiger partial charge >= 0.3 is 6.09 Å². The van der Waals surface area contributed by atoms with Crippen LogP contribution in [0.5, 0.6) is 0 Å². The quantitative estimate of drug-likeness (QED) is 0.817. The molecular weight excluding hydrogens is 244 g/mol. The maximum atomic E-state index is 11.9. The van der Waals surface area contributed by atoms with Crippen LogP contribution < -0.4 is 0 Å². The van der Waals surface area contributed by atoms with E-state index in [1.54, 1.807) is 11.2 Å². The monoisotopic (exact) mass is 258 g/mol. The minimum Gasteiger partial charge on any atom is -0.445 e. The van der Waals surface area contributed by atoms with Gasteiger partial charge in [0.25, 0.3) is 0 Å². The van der Waals surface area contributed by atoms with Crippen LogP contribution in [0, 0.1) is 0 Å². The molecule has 6 heteroatoms. The highest BCUT2D eigenvalue weighted by atomic mass is 16.6. The number of benzene rings is 1. The highest BCUT2D eigenvalue weighted by Gasteiger charge is 2.22. The van der Waals surface area contributed by atoms with Crippen molar-refractivity contribution >= 4 is 6.09 Å². The van der Waals surface area contributed by atoms with Crippen molar-refractivity contribution in [2.24, 2.45) is 0 Å². The van der Waals surface area contributed by atoms with E-state index < -0.39 is 0 Å². The smallest absolute Gasteiger partial charge is 0.410 e. The van der Waals surface area contributed by atoms with E-state index in [0.29, 0.717) is 26.2 Å². The van der Waals surface area contributed by atoms with Crippen LogP contribution >= 0.6 is 0 Å². The zero-order valence-corrected chi connectivity index (χ0v) is 10.4. The highest BCUT2D eigenvalue weighted by Crippen LogP contribution is 2.11. The van der Waals surface area contributed by atoms with Gasteiger partial charge in [0.1, 0.15) is 12.9 Å². The molecular formula is C13H14N4O2. The Bertz CT molecular complexity index is 567. The fourth-order valence-corrected chi connectivity index (χ4v) is 2.03. The first kappa shape index (κ1) is 11.7. The van der Waals surface area contributed by atoms with Crippen LogP contribution in [-0.4, -0.2) is 32.3 Å². The topological polar surface area (TPSA) is 60.2 Å². The average molecular weight is 258 g/mol. The molecule has 1 aromatic heterocycles. The number of hydrogen-bond donors (Lipinski definition) is 0. The van der Waals surface area contributed by atoms with Crippen LogP contribution in [0.15, 0.2) is 36.7 Å². The van der Waals surface area contributed by atoms with Crippen molar-refractivity contribution < 1.29 is 9.53 Å². The lowest BCUT2D eigenvalue weighted by atomic mass is 10.2. The van der Waals surface area contributed by atoms with E-state index in [2.05, 4.69) is 10.2 Å². The van der Waals surface area contributed by atoms with Crippen molar-refractivity contribution in [2.45, 2.75) is 19.7 Å². The lowest BCUT2D eigenvalue weighted by molar-refractivity contribution is 0.0861. The lowest BCUT2D eigenvalue weighted by Crippen LogP contribution is -2.38. The maximum Gasteiger partial charge on any atom is 0.410 e. The third-order valence-electron chi connectivity index (χ3n) is 3.10. The Morgan fingerprint density at radius 1 is 1.26 bits per heavy atom. The molecule has 0 aliphatic carbocycles. The molecule has 1 aromatic carbocycles. The Labute approximate surface area is 110 Å². The minimum absolute atomic E-state index is 0.295. The molecule has 0 saturated carbocycles. The first-order valence-electron chi connectivity index (χ1n) is 6.15. The fourth-order valence-electron chi connectivity index (χ4n) is 2.03. The number of carbonyl (C=O) groups is 1. The second-order valence-electron chi connectivity index (χ2n) is 4.40. The summed E-state index contributed by atoms with van der Waals surface area (Å²) >= 11 is 0. The highest BCUT2D eigenvalue weighted by molar-refractivity contribution is 5.67. The standard InChI is InChI=1S/C13H14N4O2/c18-13(19-9-11-4-2-1-3-5-11)16-6-7-17-10-14-15-12(17)8-16/h1-5,10H,6-9H2. The summed E-state index contributed by atoms with van der Waals surface area (Å²) in [6, 6.07) is 9.64. The summed E-state index contributed by atoms with van der Waals surface area (Å²) in [4.78, 5) is 13.6. The van der Waals surface area contributed by atoms with Gasteiger partial charge in [0, 0.05) is 13.1 Å². The van der Waals surface area contributed by atoms with Crippen molar-refractivity contribution in [1.29, 1.82) is 0 Å². The molecule has 0 atom stereocenters. The van der Waals surface area contributed by atoms with Crippen molar-refractivity contribution in [2.75, 3.05) is 6.54 Å². The molecule has 3 rings (SSSR count). The molecule has 0 N–H and O–H groups in total. The Balaban J connectivity index is 1.57. The van der Waals surface area contributed by atoms with Crippen LogP contribution in [0.25, 0.3) is 0 Å². The van der Waals surface area contributed by atoms with Gasteiger partial charge in [0.05, 0.1) is 6.54 Å². The van der Waals surface area contributed by atoms with Gasteiger partial charge in [-0.3, -0.25) is 4.90 Å². The number of amides is 1. The normalized spacial score (nSPS) is 14.0. The molecule has 1 aliphatic rings. The number of hydrogen-bond acceptors (Lipinski definition) is 4. The Morgan fingerprint density at radius 2 is 2.11 bits per heavy atom. The van der Waals surface area contributed by atoms with Gasteiger partial charge in [-0.25, -0.2) is 4.79 Å². The van der Waals surface area contributed by atoms with Crippen molar-refractivity contribution in [1.82, 2.24) is 19.7 Å². The molecule has 0 radical (unpaired) electrons. The van der Waals surface area contributed by atoms with Gasteiger partial charge in [-0.1, -0.05) is 30.3 Å². The number of aromatic nitrogens is 3. The number of carbonyl (C=O) groups excluding carboxylic acids is 1. The zero-order valence-electron chi connectivity index (χ0n) is 10.4. The molecule has 19 heavy (non-hydrogen) atoms. The SMILES string of the molecule is O=C(OCc1ccccc1)N1CCn2cnnc2C1. The molecule has 0 spiro atoms. The molecule has 6 nitrogen and oxygen atoms in total. The molecule has 0 unspecified atom stereocenters. The van der Waals surface area contributed by atoms with E-state index in [9.17, 15) is 4.79 Å². The van der Waals surface area contributed by atoms with Gasteiger partial charge in [0.15, 0.2) is 5.82 Å². The van der Waals surface area contributed by atoms with Gasteiger partial charge in [0.2, 0.25) is 0 Å². The second kappa shape index (κ2) is 5.09. The van der Waals surface area contributed by atoms with Crippen LogP contribution in [0.4, 0.5) is 4.79 Å². The van der Waals surface area contributed by atoms with Crippen molar-refractivity contribution in [3.05, 3.63) is 48.0 Å². The summed E-state index contributed by atoms with van der Waals surface area (Å²) in [7, 11) is 0. The summed E-state index contributed by atoms with van der Waals surface area (Å²) in [5.74, 6) is 0.794. The summed E-state index contributed by atoms with van der Waals surface area (Å²) in [6.45, 7) is 2.08. The van der Waals surface area contributed by atoms with E-state index in [1.807, 2.05) is 34.9 Å². The summed E-state index contributed by atoms with van der Waals surface area (Å²) in [5.41, 5.74) is 0.982. The Kier molecular flexibility index (Phi) is 3.14. The van der Waals surface area contributed by atoms with Crippen molar-refractivity contribution in [3.63, 3.8) is 0 Å². The van der Waals surface area contributed by atoms with Crippen LogP contribution in [0.1, 0.15) is 11.4 Å². The Hall–Kier alpha value is -2.37. The first-order chi connectivity index (χ1) is 9.33. The molecule has 98 valence electrons. The largest absolute Gasteiger partial charge is 0.445 e. The number of rotatable bonds is 2. The fraction of sp³-hybridized carbons (Fsp3) is 0.308. The summed E-state index contributed by atoms with van der Waals surface area (Å²) in [6.07, 6.45) is 1.38. The molecule has 0 bridgehead atoms. The predicted octanol–water partition coefficient (Wildman–Crippen LogP) is 1.43. The van der Waals surface area contributed by atoms with Crippen LogP contribution in [-0.2, 0) is 24.4 Å². The number of nitrogens with zero attached hydrogens (tertiary/aromatic N) is 4. The third kappa shape index (κ3) is 2.57. The van der Waals surface area contributed by atoms with E-state index >= 15 is 0 Å². The summed E-state index contributed by atoms with van der Waals surface area (Å²) in [5, 5.41) is 7.80. The van der Waals surface area contributed by atoms with Crippen LogP contribution in [0.2, 0.25) is 0 Å².